The second-order valence-electron chi connectivity index (χ2n) is 8.03. The summed E-state index contributed by atoms with van der Waals surface area (Å²) >= 11 is 0. The summed E-state index contributed by atoms with van der Waals surface area (Å²) in [7, 11) is 7.42. The number of likely N-dealkylation sites (N-methyl/N-ethyl adjacent to an activating group) is 1. The largest absolute Gasteiger partial charge is 0.497 e. The summed E-state index contributed by atoms with van der Waals surface area (Å²) in [6.45, 7) is 2.83. The molecule has 0 aliphatic heterocycles. The van der Waals surface area contributed by atoms with Gasteiger partial charge in [0, 0.05) is 55.9 Å². The van der Waals surface area contributed by atoms with Gasteiger partial charge in [-0.05, 0) is 38.8 Å². The average molecular weight is 543 g/mol. The standard InChI is InChI=1S/C23H37N5O2.HI/c1-24-23(26-12-13-28(2)18-9-5-6-10-18)25-11-7-8-17-14-20-21(27-17)15-19(29-3)16-22(20)30-4;/h14-16,18,27H,5-13H2,1-4H3,(H2,24,25,26);1H. The number of aromatic amines is 1. The lowest BCUT2D eigenvalue weighted by atomic mass is 10.2. The van der Waals surface area contributed by atoms with Crippen LogP contribution in [0.1, 0.15) is 37.8 Å². The summed E-state index contributed by atoms with van der Waals surface area (Å²) in [6, 6.07) is 6.85. The number of ether oxygens (including phenoxy) is 2. The summed E-state index contributed by atoms with van der Waals surface area (Å²) in [5.41, 5.74) is 2.23. The molecule has 1 saturated carbocycles. The van der Waals surface area contributed by atoms with Crippen LogP contribution in [-0.4, -0.2) is 69.8 Å². The molecule has 1 aromatic heterocycles. The highest BCUT2D eigenvalue weighted by atomic mass is 127. The average Bonchev–Trinajstić information content (AvgIpc) is 3.44. The Hall–Kier alpha value is -1.68. The number of rotatable bonds is 10. The molecule has 0 spiro atoms. The normalized spacial score (nSPS) is 14.7. The van der Waals surface area contributed by atoms with Gasteiger partial charge < -0.3 is 30.0 Å². The highest BCUT2D eigenvalue weighted by molar-refractivity contribution is 14.0. The predicted molar refractivity (Wildman–Crippen MR) is 139 cm³/mol. The van der Waals surface area contributed by atoms with Crippen LogP contribution < -0.4 is 20.1 Å². The van der Waals surface area contributed by atoms with Gasteiger partial charge in [-0.3, -0.25) is 4.99 Å². The summed E-state index contributed by atoms with van der Waals surface area (Å²) in [4.78, 5) is 10.3. The highest BCUT2D eigenvalue weighted by Gasteiger charge is 2.18. The first kappa shape index (κ1) is 25.6. The van der Waals surface area contributed by atoms with Gasteiger partial charge in [-0.25, -0.2) is 0 Å². The minimum absolute atomic E-state index is 0. The van der Waals surface area contributed by atoms with Crippen LogP contribution in [0.5, 0.6) is 11.5 Å². The number of H-pyrrole nitrogens is 1. The Kier molecular flexibility index (Phi) is 10.7. The van der Waals surface area contributed by atoms with E-state index in [4.69, 9.17) is 9.47 Å². The van der Waals surface area contributed by atoms with E-state index in [9.17, 15) is 0 Å². The molecule has 1 heterocycles. The Bertz CT molecular complexity index is 833. The van der Waals surface area contributed by atoms with E-state index in [2.05, 4.69) is 38.6 Å². The van der Waals surface area contributed by atoms with Crippen molar-refractivity contribution < 1.29 is 9.47 Å². The first-order chi connectivity index (χ1) is 14.6. The number of aryl methyl sites for hydroxylation is 1. The summed E-state index contributed by atoms with van der Waals surface area (Å²) in [5.74, 6) is 2.50. The van der Waals surface area contributed by atoms with Gasteiger partial charge in [0.2, 0.25) is 0 Å². The van der Waals surface area contributed by atoms with Gasteiger partial charge in [0.05, 0.1) is 19.7 Å². The fourth-order valence-corrected chi connectivity index (χ4v) is 4.24. The molecular formula is C23H38IN5O2. The smallest absolute Gasteiger partial charge is 0.191 e. The van der Waals surface area contributed by atoms with Crippen LogP contribution in [-0.2, 0) is 6.42 Å². The van der Waals surface area contributed by atoms with Crippen LogP contribution in [0.15, 0.2) is 23.2 Å². The van der Waals surface area contributed by atoms with Gasteiger partial charge in [0.25, 0.3) is 0 Å². The number of aromatic nitrogens is 1. The summed E-state index contributed by atoms with van der Waals surface area (Å²) in [5, 5.41) is 7.94. The Labute approximate surface area is 203 Å². The maximum Gasteiger partial charge on any atom is 0.191 e. The quantitative estimate of drug-likeness (QED) is 0.184. The maximum absolute atomic E-state index is 5.50. The molecule has 0 unspecified atom stereocenters. The number of halogens is 1. The van der Waals surface area contributed by atoms with E-state index >= 15 is 0 Å². The molecule has 1 aliphatic carbocycles. The maximum atomic E-state index is 5.50. The SMILES string of the molecule is CN=C(NCCCc1cc2c(OC)cc(OC)cc2[nH]1)NCCN(C)C1CCCC1.I. The third-order valence-corrected chi connectivity index (χ3v) is 6.03. The highest BCUT2D eigenvalue weighted by Crippen LogP contribution is 2.31. The zero-order chi connectivity index (χ0) is 21.3. The zero-order valence-corrected chi connectivity index (χ0v) is 21.6. The van der Waals surface area contributed by atoms with Gasteiger partial charge in [0.15, 0.2) is 5.96 Å². The van der Waals surface area contributed by atoms with E-state index in [1.807, 2.05) is 19.2 Å². The molecule has 31 heavy (non-hydrogen) atoms. The van der Waals surface area contributed by atoms with E-state index in [0.29, 0.717) is 0 Å². The lowest BCUT2D eigenvalue weighted by Crippen LogP contribution is -2.42. The molecule has 0 amide bonds. The molecule has 174 valence electrons. The number of aliphatic imine (C=N–C) groups is 1. The molecule has 0 bridgehead atoms. The number of benzene rings is 1. The summed E-state index contributed by atoms with van der Waals surface area (Å²) in [6.07, 6.45) is 7.40. The zero-order valence-electron chi connectivity index (χ0n) is 19.3. The molecule has 3 N–H and O–H groups in total. The molecule has 1 aromatic carbocycles. The van der Waals surface area contributed by atoms with Gasteiger partial charge in [0.1, 0.15) is 11.5 Å². The Morgan fingerprint density at radius 3 is 2.55 bits per heavy atom. The van der Waals surface area contributed by atoms with Crippen molar-refractivity contribution in [1.82, 2.24) is 20.5 Å². The van der Waals surface area contributed by atoms with Crippen molar-refractivity contribution in [2.45, 2.75) is 44.6 Å². The fraction of sp³-hybridized carbons (Fsp3) is 0.609. The molecule has 2 aromatic rings. The Morgan fingerprint density at radius 1 is 1.13 bits per heavy atom. The monoisotopic (exact) mass is 543 g/mol. The van der Waals surface area contributed by atoms with Crippen molar-refractivity contribution in [3.63, 3.8) is 0 Å². The lowest BCUT2D eigenvalue weighted by molar-refractivity contribution is 0.249. The van der Waals surface area contributed by atoms with Gasteiger partial charge >= 0.3 is 0 Å². The van der Waals surface area contributed by atoms with Crippen molar-refractivity contribution in [3.05, 3.63) is 23.9 Å². The minimum Gasteiger partial charge on any atom is -0.497 e. The molecule has 8 heteroatoms. The van der Waals surface area contributed by atoms with E-state index in [1.165, 1.54) is 31.4 Å². The first-order valence-corrected chi connectivity index (χ1v) is 11.0. The van der Waals surface area contributed by atoms with E-state index in [1.54, 1.807) is 14.2 Å². The number of hydrogen-bond donors (Lipinski definition) is 3. The van der Waals surface area contributed by atoms with E-state index in [0.717, 1.165) is 66.9 Å². The van der Waals surface area contributed by atoms with Crippen molar-refractivity contribution in [2.24, 2.45) is 4.99 Å². The number of nitrogens with one attached hydrogen (secondary N) is 3. The van der Waals surface area contributed by atoms with E-state index < -0.39 is 0 Å². The Morgan fingerprint density at radius 2 is 1.87 bits per heavy atom. The molecule has 1 aliphatic rings. The second kappa shape index (κ2) is 13.0. The number of fused-ring (bicyclic) bond motifs is 1. The van der Waals surface area contributed by atoms with Crippen molar-refractivity contribution >= 4 is 40.8 Å². The molecule has 1 fully saturated rings. The van der Waals surface area contributed by atoms with Crippen LogP contribution in [0.4, 0.5) is 0 Å². The molecule has 0 atom stereocenters. The number of nitrogens with zero attached hydrogens (tertiary/aromatic N) is 2. The van der Waals surface area contributed by atoms with Gasteiger partial charge in [-0.2, -0.15) is 0 Å². The number of hydrogen-bond acceptors (Lipinski definition) is 4. The number of guanidine groups is 1. The van der Waals surface area contributed by atoms with Gasteiger partial charge in [-0.15, -0.1) is 24.0 Å². The second-order valence-corrected chi connectivity index (χ2v) is 8.03. The molecule has 0 radical (unpaired) electrons. The van der Waals surface area contributed by atoms with Crippen LogP contribution >= 0.6 is 24.0 Å². The van der Waals surface area contributed by atoms with Crippen LogP contribution in [0, 0.1) is 0 Å². The third kappa shape index (κ3) is 7.17. The molecule has 0 saturated heterocycles. The van der Waals surface area contributed by atoms with Crippen molar-refractivity contribution in [1.29, 1.82) is 0 Å². The molecular weight excluding hydrogens is 505 g/mol. The lowest BCUT2D eigenvalue weighted by Gasteiger charge is -2.24. The van der Waals surface area contributed by atoms with Crippen LogP contribution in [0.2, 0.25) is 0 Å². The van der Waals surface area contributed by atoms with Crippen LogP contribution in [0.3, 0.4) is 0 Å². The third-order valence-electron chi connectivity index (χ3n) is 6.03. The minimum atomic E-state index is 0. The van der Waals surface area contributed by atoms with Crippen molar-refractivity contribution in [2.75, 3.05) is 47.9 Å². The topological polar surface area (TPSA) is 73.9 Å². The number of methoxy groups -OCH3 is 2. The molecule has 7 nitrogen and oxygen atoms in total. The predicted octanol–water partition coefficient (Wildman–Crippen LogP) is 3.78. The van der Waals surface area contributed by atoms with Crippen molar-refractivity contribution in [3.8, 4) is 11.5 Å². The Balaban J connectivity index is 0.00000341. The van der Waals surface area contributed by atoms with Gasteiger partial charge in [-0.1, -0.05) is 12.8 Å². The summed E-state index contributed by atoms with van der Waals surface area (Å²) < 4.78 is 10.9. The first-order valence-electron chi connectivity index (χ1n) is 11.0. The van der Waals surface area contributed by atoms with E-state index in [-0.39, 0.29) is 24.0 Å². The fourth-order valence-electron chi connectivity index (χ4n) is 4.24. The van der Waals surface area contributed by atoms with Crippen LogP contribution in [0.25, 0.3) is 10.9 Å². The molecule has 3 rings (SSSR count).